The number of amides is 1. The maximum Gasteiger partial charge on any atom is 0.335 e. The number of nitrogens with one attached hydrogen (secondary N) is 1. The summed E-state index contributed by atoms with van der Waals surface area (Å²) in [6, 6.07) is 15.3. The van der Waals surface area contributed by atoms with Crippen LogP contribution in [0.5, 0.6) is 5.75 Å². The van der Waals surface area contributed by atoms with Crippen molar-refractivity contribution in [2.24, 2.45) is 56.7 Å². The standard InChI is InChI=1S/C44H57NO4/c1-27(2)32-19-24-44(39(48)45-30-13-15-31(49-8)16-14-30)26-25-42(6)34(37(32)44)17-18-36-41(5)22-20-33(28-9-11-29(12-10-28)38(46)47)40(3,4)35(41)21-23-43(36,42)7/h9-16,20,32,34-37H,1,17-19,21-26H2,2-8H3,(H,45,48)(H,46,47)/t32-,34+,35-,36+,37+,41-,42+,43+,44-/m0/s1. The summed E-state index contributed by atoms with van der Waals surface area (Å²) in [6.07, 6.45) is 12.4. The van der Waals surface area contributed by atoms with Gasteiger partial charge >= 0.3 is 5.97 Å². The predicted octanol–water partition coefficient (Wildman–Crippen LogP) is 10.7. The minimum atomic E-state index is -0.878. The molecule has 0 spiro atoms. The van der Waals surface area contributed by atoms with Gasteiger partial charge in [0.15, 0.2) is 0 Å². The zero-order valence-electron chi connectivity index (χ0n) is 30.8. The summed E-state index contributed by atoms with van der Waals surface area (Å²) in [6.45, 7) is 19.5. The summed E-state index contributed by atoms with van der Waals surface area (Å²) < 4.78 is 5.37. The third-order valence-electron chi connectivity index (χ3n) is 15.9. The molecule has 5 aliphatic carbocycles. The molecule has 5 heteroatoms. The number of hydrogen-bond donors (Lipinski definition) is 2. The van der Waals surface area contributed by atoms with E-state index in [1.165, 1.54) is 36.8 Å². The number of carboxylic acid groups (broad SMARTS) is 1. The van der Waals surface area contributed by atoms with Crippen LogP contribution in [0.3, 0.4) is 0 Å². The lowest BCUT2D eigenvalue weighted by molar-refractivity contribution is -0.224. The van der Waals surface area contributed by atoms with Gasteiger partial charge in [0, 0.05) is 5.69 Å². The van der Waals surface area contributed by atoms with Crippen LogP contribution in [0.15, 0.2) is 66.8 Å². The van der Waals surface area contributed by atoms with Gasteiger partial charge in [0.25, 0.3) is 0 Å². The second-order valence-electron chi connectivity index (χ2n) is 18.0. The van der Waals surface area contributed by atoms with Gasteiger partial charge in [0.1, 0.15) is 5.75 Å². The first-order chi connectivity index (χ1) is 23.1. The fourth-order valence-electron chi connectivity index (χ4n) is 13.4. The first-order valence-corrected chi connectivity index (χ1v) is 18.8. The molecule has 9 atom stereocenters. The molecule has 0 bridgehead atoms. The number of allylic oxidation sites excluding steroid dienone is 3. The molecular formula is C44H57NO4. The number of methoxy groups -OCH3 is 1. The van der Waals surface area contributed by atoms with E-state index in [4.69, 9.17) is 4.74 Å². The molecule has 4 saturated carbocycles. The first kappa shape index (κ1) is 34.1. The van der Waals surface area contributed by atoms with E-state index >= 15 is 0 Å². The van der Waals surface area contributed by atoms with Crippen LogP contribution in [-0.4, -0.2) is 24.1 Å². The van der Waals surface area contributed by atoms with Crippen LogP contribution >= 0.6 is 0 Å². The second kappa shape index (κ2) is 11.6. The molecule has 0 radical (unpaired) electrons. The number of anilines is 1. The Bertz CT molecular complexity index is 1690. The minimum absolute atomic E-state index is 0.0193. The fourth-order valence-corrected chi connectivity index (χ4v) is 13.4. The Morgan fingerprint density at radius 3 is 2.16 bits per heavy atom. The van der Waals surface area contributed by atoms with E-state index in [2.05, 4.69) is 59.5 Å². The van der Waals surface area contributed by atoms with Gasteiger partial charge in [-0.05, 0) is 163 Å². The van der Waals surface area contributed by atoms with Crippen LogP contribution < -0.4 is 10.1 Å². The molecule has 5 aliphatic rings. The van der Waals surface area contributed by atoms with Crippen molar-refractivity contribution < 1.29 is 19.4 Å². The first-order valence-electron chi connectivity index (χ1n) is 18.8. The van der Waals surface area contributed by atoms with Crippen molar-refractivity contribution in [1.29, 1.82) is 0 Å². The van der Waals surface area contributed by atoms with Crippen molar-refractivity contribution in [1.82, 2.24) is 0 Å². The van der Waals surface area contributed by atoms with Crippen LogP contribution in [0, 0.1) is 56.7 Å². The number of ether oxygens (including phenoxy) is 1. The van der Waals surface area contributed by atoms with E-state index in [1.54, 1.807) is 19.2 Å². The van der Waals surface area contributed by atoms with E-state index < -0.39 is 5.97 Å². The Balaban J connectivity index is 1.21. The molecule has 1 amide bonds. The number of rotatable bonds is 6. The summed E-state index contributed by atoms with van der Waals surface area (Å²) in [5, 5.41) is 12.9. The molecule has 0 aliphatic heterocycles. The predicted molar refractivity (Wildman–Crippen MR) is 197 cm³/mol. The van der Waals surface area contributed by atoms with E-state index in [0.717, 1.165) is 49.1 Å². The van der Waals surface area contributed by atoms with Crippen LogP contribution in [-0.2, 0) is 4.79 Å². The topological polar surface area (TPSA) is 75.6 Å². The van der Waals surface area contributed by atoms with E-state index in [9.17, 15) is 14.7 Å². The number of fused-ring (bicyclic) bond motifs is 7. The van der Waals surface area contributed by atoms with Crippen LogP contribution in [0.4, 0.5) is 5.69 Å². The molecule has 7 rings (SSSR count). The van der Waals surface area contributed by atoms with Crippen LogP contribution in [0.25, 0.3) is 5.57 Å². The number of carbonyl (C=O) groups is 2. The quantitative estimate of drug-likeness (QED) is 0.302. The number of hydrogen-bond acceptors (Lipinski definition) is 3. The van der Waals surface area contributed by atoms with E-state index in [1.807, 2.05) is 36.4 Å². The zero-order valence-corrected chi connectivity index (χ0v) is 30.8. The van der Waals surface area contributed by atoms with Crippen molar-refractivity contribution in [2.45, 2.75) is 99.3 Å². The highest BCUT2D eigenvalue weighted by atomic mass is 16.5. The lowest BCUT2D eigenvalue weighted by Gasteiger charge is -2.72. The average molecular weight is 664 g/mol. The van der Waals surface area contributed by atoms with Gasteiger partial charge in [-0.3, -0.25) is 4.79 Å². The maximum absolute atomic E-state index is 14.5. The summed E-state index contributed by atoms with van der Waals surface area (Å²) in [7, 11) is 1.67. The van der Waals surface area contributed by atoms with Gasteiger partial charge in [0.2, 0.25) is 5.91 Å². The highest BCUT2D eigenvalue weighted by Gasteiger charge is 2.71. The van der Waals surface area contributed by atoms with Crippen molar-refractivity contribution in [3.05, 3.63) is 77.9 Å². The Labute approximate surface area is 294 Å². The molecule has 2 N–H and O–H groups in total. The van der Waals surface area contributed by atoms with Crippen LogP contribution in [0.2, 0.25) is 0 Å². The summed E-state index contributed by atoms with van der Waals surface area (Å²) >= 11 is 0. The Hall–Kier alpha value is -3.34. The fraction of sp³-hybridized carbons (Fsp3) is 0.591. The molecular weight excluding hydrogens is 606 g/mol. The van der Waals surface area contributed by atoms with Gasteiger partial charge < -0.3 is 15.2 Å². The SMILES string of the molecule is C=C(C)[C@@H]1CC[C@]2(C(=O)Nc3ccc(OC)cc3)CC[C@]3(C)[C@H](CC[C@@H]4[C@@]5(C)CC=C(c6ccc(C(=O)O)cc6)C(C)(C)[C@@H]5CC[C@]43C)[C@@H]12. The summed E-state index contributed by atoms with van der Waals surface area (Å²) in [5.41, 5.74) is 5.10. The number of benzene rings is 2. The smallest absolute Gasteiger partial charge is 0.335 e. The largest absolute Gasteiger partial charge is 0.497 e. The van der Waals surface area contributed by atoms with Crippen molar-refractivity contribution in [3.63, 3.8) is 0 Å². The Kier molecular flexibility index (Phi) is 8.08. The van der Waals surface area contributed by atoms with Crippen LogP contribution in [0.1, 0.15) is 115 Å². The number of carboxylic acids is 1. The monoisotopic (exact) mass is 663 g/mol. The number of aromatic carboxylic acids is 1. The highest BCUT2D eigenvalue weighted by molar-refractivity contribution is 5.96. The van der Waals surface area contributed by atoms with Gasteiger partial charge in [-0.2, -0.15) is 0 Å². The normalized spacial score (nSPS) is 38.9. The maximum atomic E-state index is 14.5. The van der Waals surface area contributed by atoms with Crippen molar-refractivity contribution >= 4 is 23.1 Å². The molecule has 2 aromatic carbocycles. The summed E-state index contributed by atoms with van der Waals surface area (Å²) in [5.74, 6) is 2.46. The minimum Gasteiger partial charge on any atom is -0.497 e. The molecule has 2 aromatic rings. The summed E-state index contributed by atoms with van der Waals surface area (Å²) in [4.78, 5) is 26.1. The molecule has 0 heterocycles. The molecule has 4 fully saturated rings. The lowest BCUT2D eigenvalue weighted by Crippen LogP contribution is -2.66. The lowest BCUT2D eigenvalue weighted by atomic mass is 9.32. The van der Waals surface area contributed by atoms with E-state index in [0.29, 0.717) is 35.2 Å². The van der Waals surface area contributed by atoms with Crippen molar-refractivity contribution in [3.8, 4) is 5.75 Å². The molecule has 49 heavy (non-hydrogen) atoms. The molecule has 0 aromatic heterocycles. The Morgan fingerprint density at radius 1 is 0.837 bits per heavy atom. The highest BCUT2D eigenvalue weighted by Crippen LogP contribution is 2.77. The molecule has 262 valence electrons. The third kappa shape index (κ3) is 4.83. The Morgan fingerprint density at radius 2 is 1.53 bits per heavy atom. The molecule has 0 unspecified atom stereocenters. The zero-order chi connectivity index (χ0) is 35.1. The molecule has 5 nitrogen and oxygen atoms in total. The van der Waals surface area contributed by atoms with E-state index in [-0.39, 0.29) is 33.0 Å². The number of carbonyl (C=O) groups excluding carboxylic acids is 1. The van der Waals surface area contributed by atoms with Crippen molar-refractivity contribution in [2.75, 3.05) is 12.4 Å². The van der Waals surface area contributed by atoms with Gasteiger partial charge in [-0.15, -0.1) is 0 Å². The third-order valence-corrected chi connectivity index (χ3v) is 15.9. The van der Waals surface area contributed by atoms with Gasteiger partial charge in [0.05, 0.1) is 18.1 Å². The average Bonchev–Trinajstić information content (AvgIpc) is 3.47. The molecule has 0 saturated heterocycles. The van der Waals surface area contributed by atoms with Gasteiger partial charge in [-0.1, -0.05) is 65.0 Å². The van der Waals surface area contributed by atoms with Gasteiger partial charge in [-0.25, -0.2) is 4.79 Å². The second-order valence-corrected chi connectivity index (χ2v) is 18.0.